The fourth-order valence-electron chi connectivity index (χ4n) is 2.57. The van der Waals surface area contributed by atoms with Gasteiger partial charge >= 0.3 is 0 Å². The minimum Gasteiger partial charge on any atom is -0.379 e. The molecule has 2 atom stereocenters. The number of hydrogen-bond acceptors (Lipinski definition) is 3. The number of likely N-dealkylation sites (N-methyl/N-ethyl adjacent to an activating group) is 1. The summed E-state index contributed by atoms with van der Waals surface area (Å²) in [6, 6.07) is 0.122. The normalized spacial score (nSPS) is 15.5. The Labute approximate surface area is 117 Å². The Bertz CT molecular complexity index is 368. The van der Waals surface area contributed by atoms with E-state index < -0.39 is 0 Å². The summed E-state index contributed by atoms with van der Waals surface area (Å²) >= 11 is 0. The van der Waals surface area contributed by atoms with E-state index in [1.54, 1.807) is 7.11 Å². The molecule has 0 saturated carbocycles. The molecular weight excluding hydrogens is 238 g/mol. The molecule has 1 heterocycles. The average Bonchev–Trinajstić information content (AvgIpc) is 2.76. The number of rotatable bonds is 7. The lowest BCUT2D eigenvalue weighted by Gasteiger charge is -2.36. The zero-order valence-electron chi connectivity index (χ0n) is 13.2. The first-order chi connectivity index (χ1) is 8.95. The molecule has 1 rings (SSSR count). The second-order valence-corrected chi connectivity index (χ2v) is 6.04. The van der Waals surface area contributed by atoms with Gasteiger partial charge in [0.05, 0.1) is 12.1 Å². The lowest BCUT2D eigenvalue weighted by molar-refractivity contribution is -0.0145. The fourth-order valence-corrected chi connectivity index (χ4v) is 2.57. The van der Waals surface area contributed by atoms with Gasteiger partial charge in [-0.2, -0.15) is 0 Å². The van der Waals surface area contributed by atoms with Crippen molar-refractivity contribution in [1.29, 1.82) is 0 Å². The quantitative estimate of drug-likeness (QED) is 0.825. The summed E-state index contributed by atoms with van der Waals surface area (Å²) in [4.78, 5) is 4.56. The van der Waals surface area contributed by atoms with Crippen molar-refractivity contribution in [2.24, 2.45) is 5.41 Å². The molecule has 4 nitrogen and oxygen atoms in total. The van der Waals surface area contributed by atoms with Crippen LogP contribution in [0.15, 0.2) is 12.4 Å². The van der Waals surface area contributed by atoms with Crippen molar-refractivity contribution in [3.05, 3.63) is 18.2 Å². The van der Waals surface area contributed by atoms with Gasteiger partial charge in [-0.1, -0.05) is 34.6 Å². The Morgan fingerprint density at radius 3 is 2.53 bits per heavy atom. The van der Waals surface area contributed by atoms with Gasteiger partial charge in [0.25, 0.3) is 0 Å². The number of aromatic nitrogens is 2. The molecule has 2 unspecified atom stereocenters. The van der Waals surface area contributed by atoms with Gasteiger partial charge in [-0.05, 0) is 18.4 Å². The molecule has 1 N–H and O–H groups in total. The monoisotopic (exact) mass is 267 g/mol. The van der Waals surface area contributed by atoms with E-state index in [-0.39, 0.29) is 17.6 Å². The summed E-state index contributed by atoms with van der Waals surface area (Å²) in [6.07, 6.45) is 5.13. The minimum absolute atomic E-state index is 0.0601. The van der Waals surface area contributed by atoms with E-state index in [0.29, 0.717) is 0 Å². The predicted molar refractivity (Wildman–Crippen MR) is 79.2 cm³/mol. The molecule has 0 bridgehead atoms. The number of hydrogen-bond donors (Lipinski definition) is 1. The van der Waals surface area contributed by atoms with Gasteiger partial charge in [-0.25, -0.2) is 4.98 Å². The van der Waals surface area contributed by atoms with Crippen molar-refractivity contribution in [3.63, 3.8) is 0 Å². The lowest BCUT2D eigenvalue weighted by atomic mass is 9.84. The Balaban J connectivity index is 3.07. The summed E-state index contributed by atoms with van der Waals surface area (Å²) in [5.41, 5.74) is 0.0601. The van der Waals surface area contributed by atoms with Crippen LogP contribution in [0.1, 0.15) is 52.9 Å². The van der Waals surface area contributed by atoms with E-state index in [0.717, 1.165) is 25.3 Å². The van der Waals surface area contributed by atoms with Crippen molar-refractivity contribution in [1.82, 2.24) is 14.9 Å². The SMILES string of the molecule is CCCn1ccnc1C(NCC)C(OC)C(C)(C)C. The smallest absolute Gasteiger partial charge is 0.128 e. The van der Waals surface area contributed by atoms with Crippen LogP contribution in [-0.2, 0) is 11.3 Å². The average molecular weight is 267 g/mol. The van der Waals surface area contributed by atoms with E-state index in [1.165, 1.54) is 0 Å². The van der Waals surface area contributed by atoms with Crippen LogP contribution in [0.4, 0.5) is 0 Å². The molecule has 0 fully saturated rings. The van der Waals surface area contributed by atoms with Crippen molar-refractivity contribution in [2.45, 2.75) is 59.7 Å². The van der Waals surface area contributed by atoms with Crippen LogP contribution in [0.25, 0.3) is 0 Å². The third-order valence-electron chi connectivity index (χ3n) is 3.32. The first-order valence-corrected chi connectivity index (χ1v) is 7.22. The Kier molecular flexibility index (Phi) is 6.01. The van der Waals surface area contributed by atoms with Crippen LogP contribution in [-0.4, -0.2) is 29.3 Å². The number of imidazole rings is 1. The second-order valence-electron chi connectivity index (χ2n) is 6.04. The highest BCUT2D eigenvalue weighted by Crippen LogP contribution is 2.31. The van der Waals surface area contributed by atoms with Crippen LogP contribution in [0, 0.1) is 5.41 Å². The summed E-state index contributed by atoms with van der Waals surface area (Å²) in [5.74, 6) is 1.07. The highest BCUT2D eigenvalue weighted by molar-refractivity contribution is 5.05. The first-order valence-electron chi connectivity index (χ1n) is 7.22. The van der Waals surface area contributed by atoms with Gasteiger partial charge in [0.1, 0.15) is 5.82 Å². The molecule has 0 aliphatic carbocycles. The summed E-state index contributed by atoms with van der Waals surface area (Å²) in [5, 5.41) is 3.53. The maximum Gasteiger partial charge on any atom is 0.128 e. The van der Waals surface area contributed by atoms with Crippen molar-refractivity contribution >= 4 is 0 Å². The minimum atomic E-state index is 0.0601. The number of methoxy groups -OCH3 is 1. The zero-order chi connectivity index (χ0) is 14.5. The molecule has 0 radical (unpaired) electrons. The van der Waals surface area contributed by atoms with Crippen molar-refractivity contribution in [2.75, 3.05) is 13.7 Å². The third-order valence-corrected chi connectivity index (χ3v) is 3.32. The van der Waals surface area contributed by atoms with Gasteiger partial charge in [0.2, 0.25) is 0 Å². The van der Waals surface area contributed by atoms with Crippen molar-refractivity contribution < 1.29 is 4.74 Å². The van der Waals surface area contributed by atoms with E-state index in [4.69, 9.17) is 4.74 Å². The molecular formula is C15H29N3O. The summed E-state index contributed by atoms with van der Waals surface area (Å²) in [6.45, 7) is 12.8. The standard InChI is InChI=1S/C15H29N3O/c1-7-10-18-11-9-17-14(18)12(16-8-2)13(19-6)15(3,4)5/h9,11-13,16H,7-8,10H2,1-6H3. The number of nitrogens with one attached hydrogen (secondary N) is 1. The van der Waals surface area contributed by atoms with Crippen molar-refractivity contribution in [3.8, 4) is 0 Å². The molecule has 19 heavy (non-hydrogen) atoms. The third kappa shape index (κ3) is 4.05. The van der Waals surface area contributed by atoms with Gasteiger partial charge in [0.15, 0.2) is 0 Å². The number of ether oxygens (including phenoxy) is 1. The van der Waals surface area contributed by atoms with Crippen LogP contribution in [0.5, 0.6) is 0 Å². The molecule has 110 valence electrons. The topological polar surface area (TPSA) is 39.1 Å². The van der Waals surface area contributed by atoms with Gasteiger partial charge in [-0.3, -0.25) is 0 Å². The molecule has 0 spiro atoms. The maximum absolute atomic E-state index is 5.77. The molecule has 0 aliphatic rings. The van der Waals surface area contributed by atoms with Crippen LogP contribution in [0.3, 0.4) is 0 Å². The highest BCUT2D eigenvalue weighted by Gasteiger charge is 2.35. The van der Waals surface area contributed by atoms with E-state index in [1.807, 2.05) is 6.20 Å². The van der Waals surface area contributed by atoms with Crippen LogP contribution >= 0.6 is 0 Å². The summed E-state index contributed by atoms with van der Waals surface area (Å²) < 4.78 is 8.00. The largest absolute Gasteiger partial charge is 0.379 e. The summed E-state index contributed by atoms with van der Waals surface area (Å²) in [7, 11) is 1.79. The first kappa shape index (κ1) is 16.2. The Morgan fingerprint density at radius 2 is 2.05 bits per heavy atom. The van der Waals surface area contributed by atoms with Gasteiger partial charge < -0.3 is 14.6 Å². The molecule has 0 saturated heterocycles. The van der Waals surface area contributed by atoms with Gasteiger partial charge in [0, 0.05) is 26.0 Å². The molecule has 4 heteroatoms. The molecule has 1 aromatic heterocycles. The Hall–Kier alpha value is -0.870. The fraction of sp³-hybridized carbons (Fsp3) is 0.800. The van der Waals surface area contributed by atoms with E-state index in [9.17, 15) is 0 Å². The number of nitrogens with zero attached hydrogens (tertiary/aromatic N) is 2. The van der Waals surface area contributed by atoms with Gasteiger partial charge in [-0.15, -0.1) is 0 Å². The number of aryl methyl sites for hydroxylation is 1. The van der Waals surface area contributed by atoms with E-state index >= 15 is 0 Å². The highest BCUT2D eigenvalue weighted by atomic mass is 16.5. The molecule has 0 aromatic carbocycles. The lowest BCUT2D eigenvalue weighted by Crippen LogP contribution is -2.42. The maximum atomic E-state index is 5.77. The van der Waals surface area contributed by atoms with Crippen LogP contribution < -0.4 is 5.32 Å². The van der Waals surface area contributed by atoms with Crippen LogP contribution in [0.2, 0.25) is 0 Å². The molecule has 1 aromatic rings. The second kappa shape index (κ2) is 7.06. The molecule has 0 amide bonds. The Morgan fingerprint density at radius 1 is 1.37 bits per heavy atom. The predicted octanol–water partition coefficient (Wildman–Crippen LogP) is 3.00. The zero-order valence-corrected chi connectivity index (χ0v) is 13.2. The van der Waals surface area contributed by atoms with E-state index in [2.05, 4.69) is 55.7 Å². The molecule has 0 aliphatic heterocycles.